The van der Waals surface area contributed by atoms with Gasteiger partial charge in [0.2, 0.25) is 0 Å². The molecule has 0 aromatic heterocycles. The van der Waals surface area contributed by atoms with E-state index in [1.165, 1.54) is 0 Å². The molecule has 1 fully saturated rings. The molecule has 1 N–H and O–H groups in total. The van der Waals surface area contributed by atoms with Gasteiger partial charge in [-0.3, -0.25) is 0 Å². The quantitative estimate of drug-likeness (QED) is 0.912. The largest absolute Gasteiger partial charge is 0.378 e. The molecule has 2 amide bonds. The average molecular weight is 313 g/mol. The van der Waals surface area contributed by atoms with Gasteiger partial charge in [-0.05, 0) is 24.6 Å². The molecule has 1 atom stereocenters. The zero-order valence-corrected chi connectivity index (χ0v) is 11.9. The van der Waals surface area contributed by atoms with Crippen molar-refractivity contribution in [2.24, 2.45) is 0 Å². The molecule has 0 radical (unpaired) electrons. The highest BCUT2D eigenvalue weighted by Gasteiger charge is 2.18. The van der Waals surface area contributed by atoms with Crippen molar-refractivity contribution >= 4 is 22.0 Å². The first-order chi connectivity index (χ1) is 8.66. The maximum Gasteiger partial charge on any atom is 0.318 e. The van der Waals surface area contributed by atoms with E-state index in [-0.39, 0.29) is 12.1 Å². The maximum absolute atomic E-state index is 12.0. The van der Waals surface area contributed by atoms with Crippen LogP contribution in [0.3, 0.4) is 0 Å². The Kier molecular flexibility index (Phi) is 4.60. The topological polar surface area (TPSA) is 41.6 Å². The van der Waals surface area contributed by atoms with Crippen molar-refractivity contribution in [3.05, 3.63) is 34.3 Å². The molecule has 1 aromatic carbocycles. The van der Waals surface area contributed by atoms with Crippen molar-refractivity contribution in [1.82, 2.24) is 10.2 Å². The number of hydrogen-bond donors (Lipinski definition) is 1. The number of halogens is 1. The number of amides is 2. The molecule has 98 valence electrons. The Hall–Kier alpha value is -1.07. The van der Waals surface area contributed by atoms with Gasteiger partial charge in [0.25, 0.3) is 0 Å². The van der Waals surface area contributed by atoms with Gasteiger partial charge < -0.3 is 15.0 Å². The second-order valence-electron chi connectivity index (χ2n) is 4.33. The molecule has 4 nitrogen and oxygen atoms in total. The maximum atomic E-state index is 12.0. The highest BCUT2D eigenvalue weighted by molar-refractivity contribution is 9.10. The van der Waals surface area contributed by atoms with E-state index in [9.17, 15) is 4.79 Å². The summed E-state index contributed by atoms with van der Waals surface area (Å²) in [7, 11) is 0. The Balaban J connectivity index is 1.94. The lowest BCUT2D eigenvalue weighted by Gasteiger charge is -2.28. The van der Waals surface area contributed by atoms with Crippen LogP contribution in [-0.2, 0) is 4.74 Å². The first-order valence-corrected chi connectivity index (χ1v) is 6.85. The third kappa shape index (κ3) is 3.46. The van der Waals surface area contributed by atoms with E-state index in [4.69, 9.17) is 4.74 Å². The summed E-state index contributed by atoms with van der Waals surface area (Å²) in [4.78, 5) is 13.8. The van der Waals surface area contributed by atoms with Crippen LogP contribution >= 0.6 is 15.9 Å². The minimum Gasteiger partial charge on any atom is -0.378 e. The van der Waals surface area contributed by atoms with E-state index in [0.717, 1.165) is 10.0 Å². The summed E-state index contributed by atoms with van der Waals surface area (Å²) in [6, 6.07) is 7.94. The van der Waals surface area contributed by atoms with Gasteiger partial charge in [0.1, 0.15) is 0 Å². The first kappa shape index (κ1) is 13.4. The highest BCUT2D eigenvalue weighted by Crippen LogP contribution is 2.18. The van der Waals surface area contributed by atoms with Crippen LogP contribution in [-0.4, -0.2) is 37.2 Å². The smallest absolute Gasteiger partial charge is 0.318 e. The SMILES string of the molecule is CC(NC(=O)N1CCOCC1)c1cccc(Br)c1. The van der Waals surface area contributed by atoms with Gasteiger partial charge in [-0.15, -0.1) is 0 Å². The number of urea groups is 1. The summed E-state index contributed by atoms with van der Waals surface area (Å²) in [5.74, 6) is 0. The van der Waals surface area contributed by atoms with Crippen molar-refractivity contribution in [1.29, 1.82) is 0 Å². The zero-order chi connectivity index (χ0) is 13.0. The molecule has 1 saturated heterocycles. The van der Waals surface area contributed by atoms with E-state index in [2.05, 4.69) is 21.2 Å². The monoisotopic (exact) mass is 312 g/mol. The lowest BCUT2D eigenvalue weighted by atomic mass is 10.1. The standard InChI is InChI=1S/C13H17BrN2O2/c1-10(11-3-2-4-12(14)9-11)15-13(17)16-5-7-18-8-6-16/h2-4,9-10H,5-8H2,1H3,(H,15,17). The predicted molar refractivity (Wildman–Crippen MR) is 73.5 cm³/mol. The fourth-order valence-corrected chi connectivity index (χ4v) is 2.32. The third-order valence-corrected chi connectivity index (χ3v) is 3.48. The van der Waals surface area contributed by atoms with Crippen LogP contribution in [0.4, 0.5) is 4.79 Å². The molecule has 1 heterocycles. The predicted octanol–water partition coefficient (Wildman–Crippen LogP) is 2.55. The van der Waals surface area contributed by atoms with Crippen LogP contribution in [0, 0.1) is 0 Å². The Morgan fingerprint density at radius 1 is 1.44 bits per heavy atom. The van der Waals surface area contributed by atoms with Gasteiger partial charge >= 0.3 is 6.03 Å². The molecule has 0 aliphatic carbocycles. The molecular formula is C13H17BrN2O2. The molecule has 2 rings (SSSR count). The number of nitrogens with zero attached hydrogens (tertiary/aromatic N) is 1. The van der Waals surface area contributed by atoms with Gasteiger partial charge in [0.15, 0.2) is 0 Å². The van der Waals surface area contributed by atoms with Gasteiger partial charge in [-0.25, -0.2) is 4.79 Å². The van der Waals surface area contributed by atoms with Crippen LogP contribution in [0.5, 0.6) is 0 Å². The van der Waals surface area contributed by atoms with E-state index in [1.54, 1.807) is 4.90 Å². The number of nitrogens with one attached hydrogen (secondary N) is 1. The van der Waals surface area contributed by atoms with Gasteiger partial charge in [-0.2, -0.15) is 0 Å². The van der Waals surface area contributed by atoms with Crippen molar-refractivity contribution in [2.45, 2.75) is 13.0 Å². The fraction of sp³-hybridized carbons (Fsp3) is 0.462. The zero-order valence-electron chi connectivity index (χ0n) is 10.4. The second kappa shape index (κ2) is 6.20. The highest BCUT2D eigenvalue weighted by atomic mass is 79.9. The molecular weight excluding hydrogens is 296 g/mol. The fourth-order valence-electron chi connectivity index (χ4n) is 1.90. The van der Waals surface area contributed by atoms with Gasteiger partial charge in [-0.1, -0.05) is 28.1 Å². The molecule has 0 spiro atoms. The van der Waals surface area contributed by atoms with Crippen LogP contribution in [0.1, 0.15) is 18.5 Å². The van der Waals surface area contributed by atoms with Crippen molar-refractivity contribution in [3.63, 3.8) is 0 Å². The van der Waals surface area contributed by atoms with Crippen LogP contribution < -0.4 is 5.32 Å². The number of morpholine rings is 1. The number of benzene rings is 1. The van der Waals surface area contributed by atoms with Crippen LogP contribution in [0.2, 0.25) is 0 Å². The molecule has 1 aromatic rings. The molecule has 1 aliphatic rings. The van der Waals surface area contributed by atoms with Crippen LogP contribution in [0.15, 0.2) is 28.7 Å². The normalized spacial score (nSPS) is 17.3. The lowest BCUT2D eigenvalue weighted by molar-refractivity contribution is 0.0526. The lowest BCUT2D eigenvalue weighted by Crippen LogP contribution is -2.46. The Labute approximate surface area is 115 Å². The molecule has 0 saturated carbocycles. The van der Waals surface area contributed by atoms with E-state index < -0.39 is 0 Å². The van der Waals surface area contributed by atoms with Gasteiger partial charge in [0, 0.05) is 17.6 Å². The van der Waals surface area contributed by atoms with E-state index >= 15 is 0 Å². The molecule has 1 aliphatic heterocycles. The summed E-state index contributed by atoms with van der Waals surface area (Å²) in [6.07, 6.45) is 0. The molecule has 5 heteroatoms. The Bertz CT molecular complexity index is 419. The van der Waals surface area contributed by atoms with E-state index in [1.807, 2.05) is 31.2 Å². The molecule has 18 heavy (non-hydrogen) atoms. The Morgan fingerprint density at radius 2 is 2.17 bits per heavy atom. The van der Waals surface area contributed by atoms with Crippen molar-refractivity contribution < 1.29 is 9.53 Å². The third-order valence-electron chi connectivity index (χ3n) is 2.99. The van der Waals surface area contributed by atoms with Crippen molar-refractivity contribution in [2.75, 3.05) is 26.3 Å². The first-order valence-electron chi connectivity index (χ1n) is 6.05. The van der Waals surface area contributed by atoms with Crippen molar-refractivity contribution in [3.8, 4) is 0 Å². The van der Waals surface area contributed by atoms with Gasteiger partial charge in [0.05, 0.1) is 19.3 Å². The molecule has 1 unspecified atom stereocenters. The second-order valence-corrected chi connectivity index (χ2v) is 5.24. The minimum atomic E-state index is -0.0224. The summed E-state index contributed by atoms with van der Waals surface area (Å²) in [5.41, 5.74) is 1.09. The molecule has 0 bridgehead atoms. The summed E-state index contributed by atoms with van der Waals surface area (Å²) >= 11 is 3.43. The van der Waals surface area contributed by atoms with E-state index in [0.29, 0.717) is 26.3 Å². The summed E-state index contributed by atoms with van der Waals surface area (Å²) in [6.45, 7) is 4.56. The number of carbonyl (C=O) groups excluding carboxylic acids is 1. The summed E-state index contributed by atoms with van der Waals surface area (Å²) < 4.78 is 6.25. The minimum absolute atomic E-state index is 0.00200. The summed E-state index contributed by atoms with van der Waals surface area (Å²) in [5, 5.41) is 3.00. The van der Waals surface area contributed by atoms with Crippen LogP contribution in [0.25, 0.3) is 0 Å². The number of rotatable bonds is 2. The average Bonchev–Trinajstić information content (AvgIpc) is 2.39. The Morgan fingerprint density at radius 3 is 2.83 bits per heavy atom. The number of carbonyl (C=O) groups is 1. The number of ether oxygens (including phenoxy) is 1. The number of hydrogen-bond acceptors (Lipinski definition) is 2.